The number of carbonyl (C=O) groups excluding carboxylic acids is 1. The van der Waals surface area contributed by atoms with Gasteiger partial charge in [-0.3, -0.25) is 9.20 Å². The molecule has 0 aliphatic carbocycles. The Morgan fingerprint density at radius 3 is 2.67 bits per heavy atom. The van der Waals surface area contributed by atoms with E-state index in [9.17, 15) is 4.79 Å². The molecule has 2 aromatic heterocycles. The van der Waals surface area contributed by atoms with Crippen molar-refractivity contribution < 1.29 is 4.79 Å². The van der Waals surface area contributed by atoms with Gasteiger partial charge in [-0.05, 0) is 55.3 Å². The minimum absolute atomic E-state index is 0.104. The number of halogens is 1. The van der Waals surface area contributed by atoms with Gasteiger partial charge >= 0.3 is 0 Å². The lowest BCUT2D eigenvalue weighted by atomic mass is 10.1. The van der Waals surface area contributed by atoms with Gasteiger partial charge < -0.3 is 5.32 Å². The first-order chi connectivity index (χ1) is 13.0. The van der Waals surface area contributed by atoms with E-state index < -0.39 is 0 Å². The molecule has 0 bridgehead atoms. The van der Waals surface area contributed by atoms with Crippen LogP contribution in [0.4, 0.5) is 5.69 Å². The monoisotopic (exact) mass is 396 g/mol. The second-order valence-corrected chi connectivity index (χ2v) is 7.70. The van der Waals surface area contributed by atoms with Gasteiger partial charge in [0.2, 0.25) is 5.91 Å². The van der Waals surface area contributed by atoms with Gasteiger partial charge in [0.05, 0.1) is 11.3 Å². The molecule has 136 valence electrons. The summed E-state index contributed by atoms with van der Waals surface area (Å²) < 4.78 is 2.03. The van der Waals surface area contributed by atoms with Crippen LogP contribution in [0.3, 0.4) is 0 Å². The molecular formula is C20H17ClN4OS. The maximum absolute atomic E-state index is 12.3. The third-order valence-corrected chi connectivity index (χ3v) is 5.53. The summed E-state index contributed by atoms with van der Waals surface area (Å²) in [5.41, 5.74) is 4.89. The van der Waals surface area contributed by atoms with Crippen LogP contribution in [0.2, 0.25) is 5.02 Å². The summed E-state index contributed by atoms with van der Waals surface area (Å²) in [7, 11) is 0. The molecule has 4 rings (SSSR count). The van der Waals surface area contributed by atoms with E-state index in [0.717, 1.165) is 27.7 Å². The zero-order chi connectivity index (χ0) is 19.0. The number of amides is 1. The normalized spacial score (nSPS) is 11.2. The van der Waals surface area contributed by atoms with Crippen LogP contribution in [0.15, 0.2) is 53.7 Å². The summed E-state index contributed by atoms with van der Waals surface area (Å²) >= 11 is 7.24. The third-order valence-electron chi connectivity index (χ3n) is 4.35. The van der Waals surface area contributed by atoms with Crippen molar-refractivity contribution in [3.05, 3.63) is 64.7 Å². The van der Waals surface area contributed by atoms with Crippen LogP contribution in [-0.2, 0) is 4.79 Å². The van der Waals surface area contributed by atoms with Crippen molar-refractivity contribution in [1.82, 2.24) is 14.6 Å². The van der Waals surface area contributed by atoms with Crippen molar-refractivity contribution in [3.8, 4) is 0 Å². The molecule has 0 unspecified atom stereocenters. The molecule has 2 heterocycles. The SMILES string of the molecule is Cc1cc2nnc(SCC(=O)Nc3ccc(Cl)cc3)n2c2c(C)cccc12. The number of anilines is 1. The van der Waals surface area contributed by atoms with Crippen molar-refractivity contribution in [1.29, 1.82) is 0 Å². The number of rotatable bonds is 4. The maximum atomic E-state index is 12.3. The fraction of sp³-hybridized carbons (Fsp3) is 0.150. The van der Waals surface area contributed by atoms with Crippen LogP contribution in [0.5, 0.6) is 0 Å². The number of nitrogens with one attached hydrogen (secondary N) is 1. The zero-order valence-electron chi connectivity index (χ0n) is 14.9. The highest BCUT2D eigenvalue weighted by Gasteiger charge is 2.14. The average molecular weight is 397 g/mol. The Balaban J connectivity index is 1.61. The van der Waals surface area contributed by atoms with Gasteiger partial charge in [0.15, 0.2) is 10.8 Å². The van der Waals surface area contributed by atoms with E-state index in [2.05, 4.69) is 41.5 Å². The molecule has 4 aromatic rings. The highest BCUT2D eigenvalue weighted by Crippen LogP contribution is 2.28. The summed E-state index contributed by atoms with van der Waals surface area (Å²) in [6.45, 7) is 4.14. The summed E-state index contributed by atoms with van der Waals surface area (Å²) in [6, 6.07) is 15.3. The average Bonchev–Trinajstić information content (AvgIpc) is 3.05. The van der Waals surface area contributed by atoms with Crippen LogP contribution in [0.1, 0.15) is 11.1 Å². The Labute approximate surface area is 165 Å². The number of carbonyl (C=O) groups is 1. The van der Waals surface area contributed by atoms with Crippen molar-refractivity contribution in [3.63, 3.8) is 0 Å². The first-order valence-electron chi connectivity index (χ1n) is 8.45. The molecule has 0 saturated heterocycles. The molecule has 0 fully saturated rings. The van der Waals surface area contributed by atoms with Crippen molar-refractivity contribution >= 4 is 51.5 Å². The Morgan fingerprint density at radius 1 is 1.11 bits per heavy atom. The molecule has 0 atom stereocenters. The molecule has 7 heteroatoms. The molecule has 0 aliphatic rings. The summed E-state index contributed by atoms with van der Waals surface area (Å²) in [4.78, 5) is 12.3. The highest BCUT2D eigenvalue weighted by atomic mass is 35.5. The molecule has 1 amide bonds. The number of thioether (sulfide) groups is 1. The second kappa shape index (κ2) is 7.21. The molecule has 5 nitrogen and oxygen atoms in total. The van der Waals surface area contributed by atoms with Crippen LogP contribution >= 0.6 is 23.4 Å². The van der Waals surface area contributed by atoms with Gasteiger partial charge in [0, 0.05) is 16.1 Å². The van der Waals surface area contributed by atoms with Gasteiger partial charge in [0.1, 0.15) is 0 Å². The quantitative estimate of drug-likeness (QED) is 0.499. The van der Waals surface area contributed by atoms with E-state index in [1.54, 1.807) is 24.3 Å². The molecule has 0 aliphatic heterocycles. The van der Waals surface area contributed by atoms with Crippen molar-refractivity contribution in [2.75, 3.05) is 11.1 Å². The number of aromatic nitrogens is 3. The number of fused-ring (bicyclic) bond motifs is 3. The lowest BCUT2D eigenvalue weighted by Gasteiger charge is -2.10. The smallest absolute Gasteiger partial charge is 0.234 e. The fourth-order valence-corrected chi connectivity index (χ4v) is 3.96. The van der Waals surface area contributed by atoms with Gasteiger partial charge in [-0.1, -0.05) is 41.6 Å². The number of hydrogen-bond acceptors (Lipinski definition) is 4. The third kappa shape index (κ3) is 3.50. The molecule has 1 N–H and O–H groups in total. The molecule has 0 saturated carbocycles. The maximum Gasteiger partial charge on any atom is 0.234 e. The highest BCUT2D eigenvalue weighted by molar-refractivity contribution is 7.99. The van der Waals surface area contributed by atoms with E-state index >= 15 is 0 Å². The Morgan fingerprint density at radius 2 is 1.89 bits per heavy atom. The summed E-state index contributed by atoms with van der Waals surface area (Å²) in [6.07, 6.45) is 0. The number of pyridine rings is 1. The Hall–Kier alpha value is -2.57. The predicted molar refractivity (Wildman–Crippen MR) is 111 cm³/mol. The Bertz CT molecular complexity index is 1150. The number of para-hydroxylation sites is 1. The van der Waals surface area contributed by atoms with Gasteiger partial charge in [0.25, 0.3) is 0 Å². The second-order valence-electron chi connectivity index (χ2n) is 6.32. The number of aryl methyl sites for hydroxylation is 2. The van der Waals surface area contributed by atoms with Crippen LogP contribution in [0.25, 0.3) is 16.6 Å². The molecular weight excluding hydrogens is 380 g/mol. The first kappa shape index (κ1) is 17.8. The topological polar surface area (TPSA) is 59.3 Å². The standard InChI is InChI=1S/C20H17ClN4OS/c1-12-4-3-5-16-13(2)10-17-23-24-20(25(17)19(12)16)27-11-18(26)22-15-8-6-14(21)7-9-15/h3-10H,11H2,1-2H3,(H,22,26). The van der Waals surface area contributed by atoms with E-state index in [1.807, 2.05) is 16.5 Å². The number of benzene rings is 2. The summed E-state index contributed by atoms with van der Waals surface area (Å²) in [5, 5.41) is 13.9. The van der Waals surface area contributed by atoms with Crippen molar-refractivity contribution in [2.45, 2.75) is 19.0 Å². The molecule has 27 heavy (non-hydrogen) atoms. The van der Waals surface area contributed by atoms with Crippen LogP contribution < -0.4 is 5.32 Å². The van der Waals surface area contributed by atoms with Crippen LogP contribution in [-0.4, -0.2) is 26.3 Å². The fourth-order valence-electron chi connectivity index (χ4n) is 3.08. The summed E-state index contributed by atoms with van der Waals surface area (Å²) in [5.74, 6) is 0.136. The minimum Gasteiger partial charge on any atom is -0.325 e. The Kier molecular flexibility index (Phi) is 4.76. The number of hydrogen-bond donors (Lipinski definition) is 1. The molecule has 0 spiro atoms. The zero-order valence-corrected chi connectivity index (χ0v) is 16.4. The van der Waals surface area contributed by atoms with Gasteiger partial charge in [-0.25, -0.2) is 0 Å². The molecule has 2 aromatic carbocycles. The predicted octanol–water partition coefficient (Wildman–Crippen LogP) is 4.88. The van der Waals surface area contributed by atoms with E-state index in [0.29, 0.717) is 15.9 Å². The minimum atomic E-state index is -0.104. The lowest BCUT2D eigenvalue weighted by molar-refractivity contribution is -0.113. The molecule has 0 radical (unpaired) electrons. The van der Waals surface area contributed by atoms with E-state index in [4.69, 9.17) is 11.6 Å². The first-order valence-corrected chi connectivity index (χ1v) is 9.81. The van der Waals surface area contributed by atoms with E-state index in [-0.39, 0.29) is 11.7 Å². The van der Waals surface area contributed by atoms with Gasteiger partial charge in [-0.2, -0.15) is 0 Å². The largest absolute Gasteiger partial charge is 0.325 e. The van der Waals surface area contributed by atoms with Gasteiger partial charge in [-0.15, -0.1) is 10.2 Å². The lowest BCUT2D eigenvalue weighted by Crippen LogP contribution is -2.14. The van der Waals surface area contributed by atoms with Crippen LogP contribution in [0, 0.1) is 13.8 Å². The van der Waals surface area contributed by atoms with Crippen molar-refractivity contribution in [2.24, 2.45) is 0 Å². The number of nitrogens with zero attached hydrogens (tertiary/aromatic N) is 3. The van der Waals surface area contributed by atoms with E-state index in [1.165, 1.54) is 11.8 Å².